The predicted octanol–water partition coefficient (Wildman–Crippen LogP) is 1.39. The van der Waals surface area contributed by atoms with Gasteiger partial charge in [0.05, 0.1) is 18.1 Å². The van der Waals surface area contributed by atoms with Crippen LogP contribution in [0, 0.1) is 5.82 Å². The van der Waals surface area contributed by atoms with E-state index in [1.54, 1.807) is 4.90 Å². The summed E-state index contributed by atoms with van der Waals surface area (Å²) in [5, 5.41) is 2.65. The van der Waals surface area contributed by atoms with Gasteiger partial charge in [-0.05, 0) is 20.5 Å². The number of likely N-dealkylation sites (tertiary alicyclic amines) is 1. The van der Waals surface area contributed by atoms with Crippen molar-refractivity contribution in [1.82, 2.24) is 14.8 Å². The molecule has 1 N–H and O–H groups in total. The number of urea groups is 1. The minimum atomic E-state index is -0.458. The summed E-state index contributed by atoms with van der Waals surface area (Å²) in [6, 6.07) is 1.44. The molecule has 6 heteroatoms. The van der Waals surface area contributed by atoms with Crippen LogP contribution in [0.3, 0.4) is 0 Å². The number of amides is 2. The lowest BCUT2D eigenvalue weighted by Crippen LogP contribution is -2.36. The monoisotopic (exact) mass is 252 g/mol. The van der Waals surface area contributed by atoms with Gasteiger partial charge >= 0.3 is 6.03 Å². The van der Waals surface area contributed by atoms with Crippen molar-refractivity contribution in [1.29, 1.82) is 0 Å². The van der Waals surface area contributed by atoms with Gasteiger partial charge in [0, 0.05) is 25.2 Å². The summed E-state index contributed by atoms with van der Waals surface area (Å²) >= 11 is 0. The Hall–Kier alpha value is -1.69. The molecule has 5 nitrogen and oxygen atoms in total. The first-order valence-electron chi connectivity index (χ1n) is 5.89. The molecule has 0 spiro atoms. The molecule has 0 aliphatic carbocycles. The fourth-order valence-electron chi connectivity index (χ4n) is 2.03. The second-order valence-corrected chi connectivity index (χ2v) is 4.67. The van der Waals surface area contributed by atoms with Crippen molar-refractivity contribution in [2.24, 2.45) is 0 Å². The topological polar surface area (TPSA) is 48.5 Å². The lowest BCUT2D eigenvalue weighted by atomic mass is 10.2. The van der Waals surface area contributed by atoms with E-state index >= 15 is 0 Å². The van der Waals surface area contributed by atoms with Crippen LogP contribution in [0.25, 0.3) is 0 Å². The van der Waals surface area contributed by atoms with E-state index in [-0.39, 0.29) is 6.03 Å². The first-order valence-corrected chi connectivity index (χ1v) is 5.89. The van der Waals surface area contributed by atoms with Gasteiger partial charge in [-0.2, -0.15) is 0 Å². The summed E-state index contributed by atoms with van der Waals surface area (Å²) in [6.45, 7) is 1.42. The molecule has 1 atom stereocenters. The van der Waals surface area contributed by atoms with Crippen molar-refractivity contribution in [3.8, 4) is 0 Å². The molecular weight excluding hydrogens is 235 g/mol. The largest absolute Gasteiger partial charge is 0.323 e. The minimum absolute atomic E-state index is 0.202. The van der Waals surface area contributed by atoms with Crippen LogP contribution < -0.4 is 5.32 Å². The number of carbonyl (C=O) groups excluding carboxylic acids is 1. The van der Waals surface area contributed by atoms with E-state index < -0.39 is 5.82 Å². The molecule has 98 valence electrons. The van der Waals surface area contributed by atoms with Crippen molar-refractivity contribution in [2.75, 3.05) is 32.5 Å². The van der Waals surface area contributed by atoms with Crippen LogP contribution >= 0.6 is 0 Å². The van der Waals surface area contributed by atoms with Crippen LogP contribution in [0.15, 0.2) is 18.5 Å². The first-order chi connectivity index (χ1) is 8.56. The SMILES string of the molecule is CN(C)[C@H]1CCN(C(=O)Nc2cncc(F)c2)C1. The zero-order valence-corrected chi connectivity index (χ0v) is 10.6. The molecule has 0 aromatic carbocycles. The van der Waals surface area contributed by atoms with E-state index in [1.807, 2.05) is 14.1 Å². The number of halogens is 1. The van der Waals surface area contributed by atoms with Gasteiger partial charge in [-0.1, -0.05) is 0 Å². The quantitative estimate of drug-likeness (QED) is 0.865. The molecule has 1 fully saturated rings. The molecule has 2 amide bonds. The number of hydrogen-bond donors (Lipinski definition) is 1. The zero-order chi connectivity index (χ0) is 13.1. The van der Waals surface area contributed by atoms with Crippen molar-refractivity contribution in [3.05, 3.63) is 24.3 Å². The maximum absolute atomic E-state index is 12.9. The molecular formula is C12H17FN4O. The number of rotatable bonds is 2. The Labute approximate surface area is 106 Å². The second-order valence-electron chi connectivity index (χ2n) is 4.67. The molecule has 0 radical (unpaired) electrons. The zero-order valence-electron chi connectivity index (χ0n) is 10.6. The maximum Gasteiger partial charge on any atom is 0.321 e. The third-order valence-corrected chi connectivity index (χ3v) is 3.14. The Morgan fingerprint density at radius 1 is 1.56 bits per heavy atom. The Kier molecular flexibility index (Phi) is 3.76. The molecule has 0 bridgehead atoms. The van der Waals surface area contributed by atoms with Crippen molar-refractivity contribution in [3.63, 3.8) is 0 Å². The highest BCUT2D eigenvalue weighted by Crippen LogP contribution is 2.15. The predicted molar refractivity (Wildman–Crippen MR) is 66.9 cm³/mol. The van der Waals surface area contributed by atoms with Gasteiger partial charge in [0.25, 0.3) is 0 Å². The third-order valence-electron chi connectivity index (χ3n) is 3.14. The van der Waals surface area contributed by atoms with Crippen LogP contribution in [-0.4, -0.2) is 54.0 Å². The van der Waals surface area contributed by atoms with Gasteiger partial charge in [-0.15, -0.1) is 0 Å². The number of hydrogen-bond acceptors (Lipinski definition) is 3. The molecule has 0 saturated carbocycles. The van der Waals surface area contributed by atoms with Crippen LogP contribution in [0.4, 0.5) is 14.9 Å². The normalized spacial score (nSPS) is 19.3. The Balaban J connectivity index is 1.93. The fraction of sp³-hybridized carbons (Fsp3) is 0.500. The number of aromatic nitrogens is 1. The average molecular weight is 252 g/mol. The molecule has 2 heterocycles. The van der Waals surface area contributed by atoms with E-state index in [4.69, 9.17) is 0 Å². The van der Waals surface area contributed by atoms with Crippen molar-refractivity contribution in [2.45, 2.75) is 12.5 Å². The van der Waals surface area contributed by atoms with Crippen molar-refractivity contribution >= 4 is 11.7 Å². The van der Waals surface area contributed by atoms with Gasteiger partial charge in [0.1, 0.15) is 5.82 Å². The van der Waals surface area contributed by atoms with Gasteiger partial charge in [0.2, 0.25) is 0 Å². The summed E-state index contributed by atoms with van der Waals surface area (Å²) in [5.74, 6) is -0.458. The van der Waals surface area contributed by atoms with Gasteiger partial charge in [-0.25, -0.2) is 9.18 Å². The summed E-state index contributed by atoms with van der Waals surface area (Å²) in [4.78, 5) is 19.5. The summed E-state index contributed by atoms with van der Waals surface area (Å²) in [5.41, 5.74) is 0.383. The number of anilines is 1. The first kappa shape index (κ1) is 12.8. The summed E-state index contributed by atoms with van der Waals surface area (Å²) in [6.07, 6.45) is 3.50. The van der Waals surface area contributed by atoms with Crippen LogP contribution in [0.1, 0.15) is 6.42 Å². The van der Waals surface area contributed by atoms with Gasteiger partial charge in [-0.3, -0.25) is 4.98 Å². The molecule has 1 aliphatic rings. The summed E-state index contributed by atoms with van der Waals surface area (Å²) in [7, 11) is 4.01. The number of carbonyl (C=O) groups is 1. The Bertz CT molecular complexity index is 438. The molecule has 2 rings (SSSR count). The molecule has 1 aliphatic heterocycles. The molecule has 18 heavy (non-hydrogen) atoms. The van der Waals surface area contributed by atoms with Gasteiger partial charge in [0.15, 0.2) is 0 Å². The Morgan fingerprint density at radius 2 is 2.33 bits per heavy atom. The Morgan fingerprint density at radius 3 is 2.94 bits per heavy atom. The van der Waals surface area contributed by atoms with E-state index in [1.165, 1.54) is 12.3 Å². The van der Waals surface area contributed by atoms with E-state index in [0.29, 0.717) is 18.3 Å². The standard InChI is InChI=1S/C12H17FN4O/c1-16(2)11-3-4-17(8-11)12(18)15-10-5-9(13)6-14-7-10/h5-7,11H,3-4,8H2,1-2H3,(H,15,18)/t11-/m0/s1. The van der Waals surface area contributed by atoms with E-state index in [2.05, 4.69) is 15.2 Å². The highest BCUT2D eigenvalue weighted by Gasteiger charge is 2.27. The lowest BCUT2D eigenvalue weighted by molar-refractivity contribution is 0.216. The highest BCUT2D eigenvalue weighted by molar-refractivity contribution is 5.89. The second kappa shape index (κ2) is 5.30. The van der Waals surface area contributed by atoms with Crippen LogP contribution in [-0.2, 0) is 0 Å². The van der Waals surface area contributed by atoms with E-state index in [0.717, 1.165) is 19.2 Å². The molecule has 0 unspecified atom stereocenters. The fourth-order valence-corrected chi connectivity index (χ4v) is 2.03. The summed E-state index contributed by atoms with van der Waals surface area (Å²) < 4.78 is 12.9. The maximum atomic E-state index is 12.9. The number of nitrogens with zero attached hydrogens (tertiary/aromatic N) is 3. The van der Waals surface area contributed by atoms with Crippen molar-refractivity contribution < 1.29 is 9.18 Å². The molecule has 1 aromatic rings. The average Bonchev–Trinajstić information content (AvgIpc) is 2.78. The number of pyridine rings is 1. The minimum Gasteiger partial charge on any atom is -0.323 e. The third kappa shape index (κ3) is 2.95. The van der Waals surface area contributed by atoms with Crippen LogP contribution in [0.2, 0.25) is 0 Å². The lowest BCUT2D eigenvalue weighted by Gasteiger charge is -2.20. The molecule has 1 saturated heterocycles. The smallest absolute Gasteiger partial charge is 0.321 e. The van der Waals surface area contributed by atoms with E-state index in [9.17, 15) is 9.18 Å². The highest BCUT2D eigenvalue weighted by atomic mass is 19.1. The number of likely N-dealkylation sites (N-methyl/N-ethyl adjacent to an activating group) is 1. The van der Waals surface area contributed by atoms with Crippen LogP contribution in [0.5, 0.6) is 0 Å². The number of nitrogens with one attached hydrogen (secondary N) is 1. The van der Waals surface area contributed by atoms with Gasteiger partial charge < -0.3 is 15.1 Å². The molecule has 1 aromatic heterocycles.